The number of likely N-dealkylation sites (tertiary alicyclic amines) is 1. The quantitative estimate of drug-likeness (QED) is 0.785. The molecule has 3 atom stereocenters. The molecule has 5 nitrogen and oxygen atoms in total. The van der Waals surface area contributed by atoms with Gasteiger partial charge in [-0.2, -0.15) is 5.10 Å². The van der Waals surface area contributed by atoms with Crippen LogP contribution in [0.25, 0.3) is 0 Å². The third-order valence-electron chi connectivity index (χ3n) is 3.82. The molecule has 0 amide bonds. The van der Waals surface area contributed by atoms with E-state index in [1.807, 2.05) is 18.5 Å². The number of hydrogen-bond donors (Lipinski definition) is 1. The summed E-state index contributed by atoms with van der Waals surface area (Å²) in [5.74, 6) is 0.497. The van der Waals surface area contributed by atoms with Gasteiger partial charge in [-0.05, 0) is 0 Å². The first kappa shape index (κ1) is 11.9. The van der Waals surface area contributed by atoms with E-state index in [9.17, 15) is 0 Å². The number of rotatable bonds is 5. The predicted octanol–water partition coefficient (Wildman–Crippen LogP) is 0.811. The summed E-state index contributed by atoms with van der Waals surface area (Å²) in [6.07, 6.45) is 5.90. The van der Waals surface area contributed by atoms with Gasteiger partial charge >= 0.3 is 0 Å². The smallest absolute Gasteiger partial charge is 0.0772 e. The molecule has 1 N–H and O–H groups in total. The number of aromatic nitrogens is 2. The second kappa shape index (κ2) is 5.22. The number of H-pyrrole nitrogens is 1. The molecule has 5 heteroatoms. The number of fused-ring (bicyclic) bond motifs is 1. The van der Waals surface area contributed by atoms with Crippen LogP contribution in [0.15, 0.2) is 25.0 Å². The molecule has 2 fully saturated rings. The van der Waals surface area contributed by atoms with Crippen LogP contribution in [0.5, 0.6) is 0 Å². The van der Waals surface area contributed by atoms with Crippen molar-refractivity contribution in [1.82, 2.24) is 15.1 Å². The molecule has 1 aromatic heterocycles. The highest BCUT2D eigenvalue weighted by atomic mass is 16.5. The molecule has 3 rings (SSSR count). The van der Waals surface area contributed by atoms with E-state index in [2.05, 4.69) is 21.7 Å². The number of ether oxygens (including phenoxy) is 2. The largest absolute Gasteiger partial charge is 0.379 e. The Morgan fingerprint density at radius 1 is 1.61 bits per heavy atom. The molecule has 2 saturated heterocycles. The fourth-order valence-corrected chi connectivity index (χ4v) is 2.94. The van der Waals surface area contributed by atoms with Crippen LogP contribution < -0.4 is 0 Å². The minimum atomic E-state index is 0.266. The number of hydrogen-bond acceptors (Lipinski definition) is 4. The lowest BCUT2D eigenvalue weighted by Gasteiger charge is -2.20. The molecule has 0 aromatic carbocycles. The molecule has 0 spiro atoms. The van der Waals surface area contributed by atoms with Crippen LogP contribution in [-0.2, 0) is 16.0 Å². The fraction of sp³-hybridized carbons (Fsp3) is 0.615. The van der Waals surface area contributed by atoms with Gasteiger partial charge in [0.1, 0.15) is 0 Å². The van der Waals surface area contributed by atoms with Gasteiger partial charge in [0.15, 0.2) is 0 Å². The lowest BCUT2D eigenvalue weighted by Crippen LogP contribution is -2.32. The minimum absolute atomic E-state index is 0.266. The SMILES string of the molecule is C=CCO[C@@H]1CN(Cc2cn[nH]c2)[C@@H]2COC[C@@H]21. The van der Waals surface area contributed by atoms with Crippen LogP contribution in [-0.4, -0.2) is 53.6 Å². The normalized spacial score (nSPS) is 31.7. The highest BCUT2D eigenvalue weighted by molar-refractivity contribution is 5.06. The van der Waals surface area contributed by atoms with Gasteiger partial charge in [0.2, 0.25) is 0 Å². The van der Waals surface area contributed by atoms with E-state index in [1.54, 1.807) is 0 Å². The zero-order valence-electron chi connectivity index (χ0n) is 10.4. The Morgan fingerprint density at radius 2 is 2.56 bits per heavy atom. The third-order valence-corrected chi connectivity index (χ3v) is 3.82. The molecular weight excluding hydrogens is 230 g/mol. The molecule has 18 heavy (non-hydrogen) atoms. The van der Waals surface area contributed by atoms with Crippen molar-refractivity contribution >= 4 is 0 Å². The van der Waals surface area contributed by atoms with E-state index in [1.165, 1.54) is 5.56 Å². The zero-order chi connectivity index (χ0) is 12.4. The highest BCUT2D eigenvalue weighted by Gasteiger charge is 2.45. The van der Waals surface area contributed by atoms with E-state index in [-0.39, 0.29) is 6.10 Å². The van der Waals surface area contributed by atoms with Crippen LogP contribution in [0.1, 0.15) is 5.56 Å². The first-order chi connectivity index (χ1) is 8.88. The van der Waals surface area contributed by atoms with Crippen molar-refractivity contribution in [3.05, 3.63) is 30.6 Å². The zero-order valence-corrected chi connectivity index (χ0v) is 10.4. The van der Waals surface area contributed by atoms with Crippen LogP contribution in [0.4, 0.5) is 0 Å². The van der Waals surface area contributed by atoms with Gasteiger partial charge in [0.05, 0.1) is 32.1 Å². The minimum Gasteiger partial charge on any atom is -0.379 e. The van der Waals surface area contributed by atoms with Crippen LogP contribution >= 0.6 is 0 Å². The molecule has 0 unspecified atom stereocenters. The molecule has 0 radical (unpaired) electrons. The van der Waals surface area contributed by atoms with Gasteiger partial charge < -0.3 is 9.47 Å². The standard InChI is InChI=1S/C13H19N3O2/c1-2-3-18-13-7-16(6-10-4-14-15-5-10)12-9-17-8-11(12)13/h2,4-5,11-13H,1,3,6-9H2,(H,14,15)/t11-,12+,13+/m0/s1. The van der Waals surface area contributed by atoms with Crippen LogP contribution in [0.3, 0.4) is 0 Å². The second-order valence-electron chi connectivity index (χ2n) is 4.97. The predicted molar refractivity (Wildman–Crippen MR) is 67.0 cm³/mol. The first-order valence-corrected chi connectivity index (χ1v) is 6.40. The van der Waals surface area contributed by atoms with E-state index in [0.29, 0.717) is 18.6 Å². The summed E-state index contributed by atoms with van der Waals surface area (Å²) in [4.78, 5) is 2.44. The lowest BCUT2D eigenvalue weighted by atomic mass is 10.0. The summed E-state index contributed by atoms with van der Waals surface area (Å²) in [6.45, 7) is 7.83. The summed E-state index contributed by atoms with van der Waals surface area (Å²) in [6, 6.07) is 0.481. The molecule has 2 aliphatic heterocycles. The number of nitrogens with one attached hydrogen (secondary N) is 1. The van der Waals surface area contributed by atoms with Gasteiger partial charge in [-0.3, -0.25) is 10.00 Å². The average Bonchev–Trinajstić information content (AvgIpc) is 3.06. The van der Waals surface area contributed by atoms with Gasteiger partial charge in [-0.1, -0.05) is 6.08 Å². The van der Waals surface area contributed by atoms with E-state index in [0.717, 1.165) is 26.3 Å². The van der Waals surface area contributed by atoms with Crippen LogP contribution in [0.2, 0.25) is 0 Å². The molecule has 2 aliphatic rings. The van der Waals surface area contributed by atoms with Crippen molar-refractivity contribution < 1.29 is 9.47 Å². The molecular formula is C13H19N3O2. The summed E-state index contributed by atoms with van der Waals surface area (Å²) in [7, 11) is 0. The van der Waals surface area contributed by atoms with Crippen molar-refractivity contribution in [2.24, 2.45) is 5.92 Å². The lowest BCUT2D eigenvalue weighted by molar-refractivity contribution is 0.0342. The van der Waals surface area contributed by atoms with Gasteiger partial charge in [-0.15, -0.1) is 6.58 Å². The van der Waals surface area contributed by atoms with E-state index < -0.39 is 0 Å². The summed E-state index contributed by atoms with van der Waals surface area (Å²) >= 11 is 0. The second-order valence-corrected chi connectivity index (χ2v) is 4.97. The van der Waals surface area contributed by atoms with Crippen molar-refractivity contribution in [2.45, 2.75) is 18.7 Å². The Hall–Kier alpha value is -1.17. The molecule has 3 heterocycles. The summed E-state index contributed by atoms with van der Waals surface area (Å²) < 4.78 is 11.5. The molecule has 1 aromatic rings. The number of aromatic amines is 1. The fourth-order valence-electron chi connectivity index (χ4n) is 2.94. The Morgan fingerprint density at radius 3 is 3.33 bits per heavy atom. The Labute approximate surface area is 107 Å². The Balaban J connectivity index is 1.66. The van der Waals surface area contributed by atoms with E-state index in [4.69, 9.17) is 9.47 Å². The summed E-state index contributed by atoms with van der Waals surface area (Å²) in [5, 5.41) is 6.85. The molecule has 98 valence electrons. The van der Waals surface area contributed by atoms with Crippen molar-refractivity contribution in [1.29, 1.82) is 0 Å². The molecule has 0 aliphatic carbocycles. The number of nitrogens with zero attached hydrogens (tertiary/aromatic N) is 2. The third kappa shape index (κ3) is 2.21. The highest BCUT2D eigenvalue weighted by Crippen LogP contribution is 2.33. The van der Waals surface area contributed by atoms with Gasteiger partial charge in [-0.25, -0.2) is 0 Å². The Kier molecular flexibility index (Phi) is 3.45. The monoisotopic (exact) mass is 249 g/mol. The maximum atomic E-state index is 5.85. The van der Waals surface area contributed by atoms with Crippen molar-refractivity contribution in [3.63, 3.8) is 0 Å². The Bertz CT molecular complexity index is 393. The first-order valence-electron chi connectivity index (χ1n) is 6.40. The van der Waals surface area contributed by atoms with Gasteiger partial charge in [0.25, 0.3) is 0 Å². The maximum Gasteiger partial charge on any atom is 0.0772 e. The maximum absolute atomic E-state index is 5.85. The van der Waals surface area contributed by atoms with Crippen LogP contribution in [0, 0.1) is 5.92 Å². The molecule has 0 bridgehead atoms. The van der Waals surface area contributed by atoms with Gasteiger partial charge in [0, 0.05) is 36.8 Å². The van der Waals surface area contributed by atoms with Crippen molar-refractivity contribution in [2.75, 3.05) is 26.4 Å². The summed E-state index contributed by atoms with van der Waals surface area (Å²) in [5.41, 5.74) is 1.21. The van der Waals surface area contributed by atoms with Crippen molar-refractivity contribution in [3.8, 4) is 0 Å². The molecule has 0 saturated carbocycles. The topological polar surface area (TPSA) is 50.4 Å². The average molecular weight is 249 g/mol. The van der Waals surface area contributed by atoms with E-state index >= 15 is 0 Å².